The van der Waals surface area contributed by atoms with Crippen LogP contribution in [0.15, 0.2) is 24.3 Å². The second-order valence-electron chi connectivity index (χ2n) is 8.42. The summed E-state index contributed by atoms with van der Waals surface area (Å²) in [7, 11) is 0. The molecule has 2 atom stereocenters. The van der Waals surface area contributed by atoms with Gasteiger partial charge in [-0.2, -0.15) is 0 Å². The molecule has 2 amide bonds. The lowest BCUT2D eigenvalue weighted by Crippen LogP contribution is -2.45. The van der Waals surface area contributed by atoms with Gasteiger partial charge in [0.2, 0.25) is 0 Å². The maximum absolute atomic E-state index is 12.6. The highest BCUT2D eigenvalue weighted by atomic mass is 35.5. The Morgan fingerprint density at radius 1 is 1.25 bits per heavy atom. The first kappa shape index (κ1) is 17.3. The highest BCUT2D eigenvalue weighted by Gasteiger charge is 2.51. The van der Waals surface area contributed by atoms with Crippen LogP contribution in [0.1, 0.15) is 45.6 Å². The first-order chi connectivity index (χ1) is 11.2. The van der Waals surface area contributed by atoms with Crippen molar-refractivity contribution in [3.8, 4) is 0 Å². The molecule has 0 spiro atoms. The van der Waals surface area contributed by atoms with Crippen LogP contribution >= 0.6 is 11.6 Å². The molecule has 2 fully saturated rings. The normalized spacial score (nSPS) is 27.8. The van der Waals surface area contributed by atoms with Gasteiger partial charge in [-0.15, -0.1) is 0 Å². The quantitative estimate of drug-likeness (QED) is 0.833. The number of fused-ring (bicyclic) bond motifs is 2. The predicted molar refractivity (Wildman–Crippen MR) is 94.5 cm³/mol. The van der Waals surface area contributed by atoms with Gasteiger partial charge in [0.1, 0.15) is 0 Å². The van der Waals surface area contributed by atoms with Crippen molar-refractivity contribution in [3.63, 3.8) is 0 Å². The number of halogens is 1. The molecule has 1 aromatic rings. The Labute approximate surface area is 148 Å². The van der Waals surface area contributed by atoms with Gasteiger partial charge in [-0.05, 0) is 41.7 Å². The fourth-order valence-corrected chi connectivity index (χ4v) is 4.92. The van der Waals surface area contributed by atoms with Gasteiger partial charge in [0.05, 0.1) is 0 Å². The van der Waals surface area contributed by atoms with Crippen molar-refractivity contribution in [2.45, 2.75) is 52.6 Å². The lowest BCUT2D eigenvalue weighted by atomic mass is 9.65. The molecular formula is C19H25ClN2O2. The Balaban J connectivity index is 1.64. The molecule has 5 heteroatoms. The molecule has 0 radical (unpaired) electrons. The highest BCUT2D eigenvalue weighted by Crippen LogP contribution is 2.52. The number of hydrogen-bond donors (Lipinski definition) is 1. The zero-order chi connectivity index (χ0) is 17.5. The average Bonchev–Trinajstić information content (AvgIpc) is 2.74. The van der Waals surface area contributed by atoms with E-state index in [0.29, 0.717) is 11.6 Å². The van der Waals surface area contributed by atoms with Gasteiger partial charge in [0.25, 0.3) is 0 Å². The summed E-state index contributed by atoms with van der Waals surface area (Å²) in [5.74, 6) is -0.947. The lowest BCUT2D eigenvalue weighted by Gasteiger charge is -2.39. The second kappa shape index (κ2) is 6.07. The first-order valence-electron chi connectivity index (χ1n) is 8.51. The van der Waals surface area contributed by atoms with Crippen LogP contribution < -0.4 is 5.32 Å². The van der Waals surface area contributed by atoms with Crippen LogP contribution in [-0.4, -0.2) is 29.3 Å². The number of carbonyl (C=O) groups excluding carboxylic acids is 2. The Morgan fingerprint density at radius 2 is 1.96 bits per heavy atom. The number of benzene rings is 1. The number of nitrogens with one attached hydrogen (secondary N) is 1. The minimum atomic E-state index is -0.538. The molecule has 2 aliphatic rings. The highest BCUT2D eigenvalue weighted by molar-refractivity contribution is 6.35. The topological polar surface area (TPSA) is 49.4 Å². The minimum absolute atomic E-state index is 0.130. The summed E-state index contributed by atoms with van der Waals surface area (Å²) in [5, 5.41) is 3.31. The third-order valence-corrected chi connectivity index (χ3v) is 5.64. The zero-order valence-electron chi connectivity index (χ0n) is 14.6. The van der Waals surface area contributed by atoms with Gasteiger partial charge in [0, 0.05) is 24.2 Å². The van der Waals surface area contributed by atoms with E-state index in [4.69, 9.17) is 11.6 Å². The van der Waals surface area contributed by atoms with E-state index in [1.165, 1.54) is 0 Å². The summed E-state index contributed by atoms with van der Waals surface area (Å²) < 4.78 is 0. The van der Waals surface area contributed by atoms with Gasteiger partial charge in [-0.1, -0.05) is 50.6 Å². The van der Waals surface area contributed by atoms with Crippen molar-refractivity contribution in [1.29, 1.82) is 0 Å². The summed E-state index contributed by atoms with van der Waals surface area (Å²) >= 11 is 6.09. The van der Waals surface area contributed by atoms with Crippen LogP contribution in [0.2, 0.25) is 5.02 Å². The van der Waals surface area contributed by atoms with E-state index in [9.17, 15) is 9.59 Å². The molecule has 0 aromatic heterocycles. The van der Waals surface area contributed by atoms with E-state index >= 15 is 0 Å². The molecule has 2 bridgehead atoms. The molecule has 4 nitrogen and oxygen atoms in total. The number of carbonyl (C=O) groups is 2. The van der Waals surface area contributed by atoms with Crippen molar-refractivity contribution in [2.24, 2.45) is 10.8 Å². The smallest absolute Gasteiger partial charge is 0.312 e. The van der Waals surface area contributed by atoms with Crippen LogP contribution in [0.3, 0.4) is 0 Å². The molecule has 2 unspecified atom stereocenters. The largest absolute Gasteiger partial charge is 0.344 e. The molecular weight excluding hydrogens is 324 g/mol. The third-order valence-electron chi connectivity index (χ3n) is 5.27. The molecule has 24 heavy (non-hydrogen) atoms. The van der Waals surface area contributed by atoms with Gasteiger partial charge in [-0.25, -0.2) is 0 Å². The van der Waals surface area contributed by atoms with Crippen molar-refractivity contribution in [1.82, 2.24) is 10.2 Å². The van der Waals surface area contributed by atoms with Crippen molar-refractivity contribution in [2.75, 3.05) is 6.54 Å². The Bertz CT molecular complexity index is 673. The summed E-state index contributed by atoms with van der Waals surface area (Å²) in [5.41, 5.74) is 1.17. The standard InChI is InChI=1S/C19H25ClN2O2/c1-18(2)8-14-9-19(3,11-18)12-22(14)17(24)16(23)21-10-13-6-4-5-7-15(13)20/h4-7,14H,8-12H2,1-3H3,(H,21,23). The van der Waals surface area contributed by atoms with Crippen LogP contribution in [0, 0.1) is 10.8 Å². The van der Waals surface area contributed by atoms with E-state index in [0.717, 1.165) is 24.8 Å². The van der Waals surface area contributed by atoms with E-state index < -0.39 is 11.8 Å². The van der Waals surface area contributed by atoms with Gasteiger partial charge in [0.15, 0.2) is 0 Å². The zero-order valence-corrected chi connectivity index (χ0v) is 15.3. The van der Waals surface area contributed by atoms with Gasteiger partial charge in [-0.3, -0.25) is 9.59 Å². The van der Waals surface area contributed by atoms with Crippen LogP contribution in [0.25, 0.3) is 0 Å². The third kappa shape index (κ3) is 3.44. The number of rotatable bonds is 2. The Morgan fingerprint density at radius 3 is 2.67 bits per heavy atom. The second-order valence-corrected chi connectivity index (χ2v) is 8.83. The maximum atomic E-state index is 12.6. The number of likely N-dealkylation sites (tertiary alicyclic amines) is 1. The van der Waals surface area contributed by atoms with Crippen LogP contribution in [0.4, 0.5) is 0 Å². The van der Waals surface area contributed by atoms with E-state index in [-0.39, 0.29) is 23.4 Å². The van der Waals surface area contributed by atoms with E-state index in [1.54, 1.807) is 11.0 Å². The Kier molecular flexibility index (Phi) is 4.37. The van der Waals surface area contributed by atoms with E-state index in [1.807, 2.05) is 18.2 Å². The minimum Gasteiger partial charge on any atom is -0.344 e. The summed E-state index contributed by atoms with van der Waals surface area (Å²) in [6.45, 7) is 7.69. The fraction of sp³-hybridized carbons (Fsp3) is 0.579. The number of amides is 2. The van der Waals surface area contributed by atoms with E-state index in [2.05, 4.69) is 26.1 Å². The lowest BCUT2D eigenvalue weighted by molar-refractivity contribution is -0.146. The molecule has 1 aliphatic carbocycles. The molecule has 1 saturated heterocycles. The molecule has 3 rings (SSSR count). The van der Waals surface area contributed by atoms with Gasteiger partial charge >= 0.3 is 11.8 Å². The Hall–Kier alpha value is -1.55. The summed E-state index contributed by atoms with van der Waals surface area (Å²) in [4.78, 5) is 26.7. The van der Waals surface area contributed by atoms with Gasteiger partial charge < -0.3 is 10.2 Å². The molecule has 1 heterocycles. The predicted octanol–water partition coefficient (Wildman–Crippen LogP) is 3.38. The first-order valence-corrected chi connectivity index (χ1v) is 8.89. The average molecular weight is 349 g/mol. The maximum Gasteiger partial charge on any atom is 0.312 e. The number of nitrogens with zero attached hydrogens (tertiary/aromatic N) is 1. The molecule has 1 aromatic carbocycles. The monoisotopic (exact) mass is 348 g/mol. The summed E-state index contributed by atoms with van der Waals surface area (Å²) in [6.07, 6.45) is 3.06. The van der Waals surface area contributed by atoms with Crippen molar-refractivity contribution in [3.05, 3.63) is 34.9 Å². The molecule has 1 N–H and O–H groups in total. The molecule has 1 aliphatic heterocycles. The van der Waals surface area contributed by atoms with Crippen molar-refractivity contribution >= 4 is 23.4 Å². The summed E-state index contributed by atoms with van der Waals surface area (Å²) in [6, 6.07) is 7.50. The molecule has 1 saturated carbocycles. The SMILES string of the molecule is CC1(C)CC2CC(C)(CN2C(=O)C(=O)NCc2ccccc2Cl)C1. The van der Waals surface area contributed by atoms with Crippen LogP contribution in [0.5, 0.6) is 0 Å². The van der Waals surface area contributed by atoms with Crippen LogP contribution in [-0.2, 0) is 16.1 Å². The van der Waals surface area contributed by atoms with Crippen molar-refractivity contribution < 1.29 is 9.59 Å². The fourth-order valence-electron chi connectivity index (χ4n) is 4.72. The number of hydrogen-bond acceptors (Lipinski definition) is 2. The molecule has 130 valence electrons.